The lowest BCUT2D eigenvalue weighted by Gasteiger charge is -2.63. The number of cyclic esters (lactones) is 1. The molecule has 5 aliphatic rings. The van der Waals surface area contributed by atoms with E-state index in [9.17, 15) is 24.3 Å². The molecule has 2 saturated carbocycles. The molecule has 0 amide bonds. The average Bonchev–Trinajstić information content (AvgIpc) is 3.61. The Balaban J connectivity index is 1.57. The van der Waals surface area contributed by atoms with Crippen molar-refractivity contribution in [1.29, 1.82) is 0 Å². The highest BCUT2D eigenvalue weighted by molar-refractivity contribution is 5.72. The first-order valence-corrected chi connectivity index (χ1v) is 14.8. The fourth-order valence-electron chi connectivity index (χ4n) is 9.45. The SMILES string of the molecule is COC(=O)CC1C(C)C23OC4(O)CCC5(C)C(c6ccoc6)OC(=O)CC5C4(O2)C(OC(C)=O)C3C(OC(C)=O)C1(C)C. The molecule has 0 radical (unpaired) electrons. The number of hydrogen-bond donors (Lipinski definition) is 1. The number of rotatable bonds is 5. The third-order valence-corrected chi connectivity index (χ3v) is 11.3. The molecule has 2 aliphatic carbocycles. The van der Waals surface area contributed by atoms with Gasteiger partial charge in [0.15, 0.2) is 11.4 Å². The molecule has 2 bridgehead atoms. The van der Waals surface area contributed by atoms with Crippen molar-refractivity contribution in [3.8, 4) is 0 Å². The van der Waals surface area contributed by atoms with Crippen LogP contribution in [0.3, 0.4) is 0 Å². The van der Waals surface area contributed by atoms with Gasteiger partial charge in [0, 0.05) is 54.9 Å². The summed E-state index contributed by atoms with van der Waals surface area (Å²) < 4.78 is 42.2. The third kappa shape index (κ3) is 3.84. The second-order valence-corrected chi connectivity index (χ2v) is 13.8. The highest BCUT2D eigenvalue weighted by Crippen LogP contribution is 2.76. The smallest absolute Gasteiger partial charge is 0.306 e. The fourth-order valence-corrected chi connectivity index (χ4v) is 9.45. The molecule has 5 fully saturated rings. The van der Waals surface area contributed by atoms with Gasteiger partial charge in [0.1, 0.15) is 18.3 Å². The Kier molecular flexibility index (Phi) is 6.66. The Morgan fingerprint density at radius 3 is 2.33 bits per heavy atom. The van der Waals surface area contributed by atoms with Crippen molar-refractivity contribution < 1.29 is 57.1 Å². The Morgan fingerprint density at radius 2 is 1.72 bits per heavy atom. The number of esters is 4. The zero-order chi connectivity index (χ0) is 31.3. The highest BCUT2D eigenvalue weighted by Gasteiger charge is 2.90. The normalized spacial score (nSPS) is 45.7. The molecule has 12 nitrogen and oxygen atoms in total. The molecule has 6 rings (SSSR count). The summed E-state index contributed by atoms with van der Waals surface area (Å²) in [5, 5.41) is 12.5. The zero-order valence-corrected chi connectivity index (χ0v) is 25.5. The van der Waals surface area contributed by atoms with E-state index in [0.29, 0.717) is 12.0 Å². The van der Waals surface area contributed by atoms with Crippen molar-refractivity contribution in [1.82, 2.24) is 0 Å². The van der Waals surface area contributed by atoms with Crippen LogP contribution < -0.4 is 0 Å². The van der Waals surface area contributed by atoms with E-state index in [1.165, 1.54) is 33.5 Å². The first kappa shape index (κ1) is 30.1. The summed E-state index contributed by atoms with van der Waals surface area (Å²) in [6.45, 7) is 10.1. The lowest BCUT2D eigenvalue weighted by molar-refractivity contribution is -0.369. The molecule has 1 aromatic heterocycles. The van der Waals surface area contributed by atoms with Crippen molar-refractivity contribution in [3.05, 3.63) is 24.2 Å². The van der Waals surface area contributed by atoms with E-state index in [2.05, 4.69) is 0 Å². The quantitative estimate of drug-likeness (QED) is 0.387. The summed E-state index contributed by atoms with van der Waals surface area (Å²) in [6, 6.07) is 1.73. The van der Waals surface area contributed by atoms with Gasteiger partial charge in [-0.1, -0.05) is 27.7 Å². The van der Waals surface area contributed by atoms with Gasteiger partial charge < -0.3 is 37.9 Å². The van der Waals surface area contributed by atoms with Crippen LogP contribution in [0.25, 0.3) is 0 Å². The number of hydrogen-bond acceptors (Lipinski definition) is 12. The lowest BCUT2D eigenvalue weighted by Crippen LogP contribution is -2.76. The van der Waals surface area contributed by atoms with Gasteiger partial charge in [0.05, 0.1) is 32.0 Å². The molecule has 2 spiro atoms. The summed E-state index contributed by atoms with van der Waals surface area (Å²) in [4.78, 5) is 51.4. The molecular formula is C31H40O12. The Bertz CT molecular complexity index is 1340. The maximum absolute atomic E-state index is 13.3. The monoisotopic (exact) mass is 604 g/mol. The van der Waals surface area contributed by atoms with Crippen molar-refractivity contribution in [2.45, 2.75) is 103 Å². The fraction of sp³-hybridized carbons (Fsp3) is 0.742. The second-order valence-electron chi connectivity index (χ2n) is 13.8. The summed E-state index contributed by atoms with van der Waals surface area (Å²) in [5.74, 6) is -8.52. The van der Waals surface area contributed by atoms with E-state index >= 15 is 0 Å². The summed E-state index contributed by atoms with van der Waals surface area (Å²) in [7, 11) is 1.30. The first-order valence-electron chi connectivity index (χ1n) is 14.8. The number of carbonyl (C=O) groups excluding carboxylic acids is 4. The van der Waals surface area contributed by atoms with Crippen LogP contribution in [-0.2, 0) is 47.6 Å². The number of methoxy groups -OCH3 is 1. The molecule has 11 atom stereocenters. The van der Waals surface area contributed by atoms with Gasteiger partial charge in [0.2, 0.25) is 5.79 Å². The Morgan fingerprint density at radius 1 is 1.05 bits per heavy atom. The topological polar surface area (TPSA) is 157 Å². The molecule has 43 heavy (non-hydrogen) atoms. The predicted octanol–water partition coefficient (Wildman–Crippen LogP) is 3.20. The maximum atomic E-state index is 13.3. The van der Waals surface area contributed by atoms with Crippen LogP contribution in [-0.4, -0.2) is 65.5 Å². The van der Waals surface area contributed by atoms with E-state index in [1.807, 2.05) is 27.7 Å². The minimum Gasteiger partial charge on any atom is -0.472 e. The molecule has 236 valence electrons. The highest BCUT2D eigenvalue weighted by atomic mass is 16.8. The van der Waals surface area contributed by atoms with E-state index in [4.69, 9.17) is 32.8 Å². The lowest BCUT2D eigenvalue weighted by atomic mass is 9.48. The van der Waals surface area contributed by atoms with Crippen molar-refractivity contribution in [2.24, 2.45) is 34.5 Å². The second kappa shape index (κ2) is 9.52. The molecule has 11 unspecified atom stereocenters. The van der Waals surface area contributed by atoms with Crippen molar-refractivity contribution in [2.75, 3.05) is 7.11 Å². The van der Waals surface area contributed by atoms with Gasteiger partial charge in [-0.15, -0.1) is 0 Å². The minimum atomic E-state index is -1.97. The summed E-state index contributed by atoms with van der Waals surface area (Å²) >= 11 is 0. The largest absolute Gasteiger partial charge is 0.472 e. The molecule has 12 heteroatoms. The number of fused-ring (bicyclic) bond motifs is 1. The number of aliphatic hydroxyl groups is 1. The first-order chi connectivity index (χ1) is 20.1. The standard InChI is InChI=1S/C31H40O12/c1-15-19(12-21(34)37-7)27(4,5)25(39-16(2)32)23-26(40-17(3)33)30-20-13-22(35)41-24(18-8-11-38-14-18)28(20,6)9-10-29(30,36)42-31(15,23)43-30/h8,11,14-15,19-20,23-26,36H,9-10,12-13H2,1-7H3. The molecule has 3 aliphatic heterocycles. The van der Waals surface area contributed by atoms with E-state index in [-0.39, 0.29) is 19.3 Å². The molecule has 1 N–H and O–H groups in total. The maximum Gasteiger partial charge on any atom is 0.306 e. The molecule has 3 saturated heterocycles. The van der Waals surface area contributed by atoms with Gasteiger partial charge in [-0.05, 0) is 18.4 Å². The van der Waals surface area contributed by atoms with Crippen LogP contribution in [0.2, 0.25) is 0 Å². The zero-order valence-electron chi connectivity index (χ0n) is 25.5. The Labute approximate surface area is 249 Å². The molecule has 1 aromatic rings. The molecule has 4 heterocycles. The minimum absolute atomic E-state index is 0.0384. The van der Waals surface area contributed by atoms with Crippen LogP contribution in [0, 0.1) is 34.5 Å². The number of ether oxygens (including phenoxy) is 6. The third-order valence-electron chi connectivity index (χ3n) is 11.3. The van der Waals surface area contributed by atoms with Crippen LogP contribution >= 0.6 is 0 Å². The Hall–Kier alpha value is -2.96. The van der Waals surface area contributed by atoms with Crippen LogP contribution in [0.5, 0.6) is 0 Å². The van der Waals surface area contributed by atoms with Gasteiger partial charge in [-0.2, -0.15) is 0 Å². The predicted molar refractivity (Wildman–Crippen MR) is 143 cm³/mol. The van der Waals surface area contributed by atoms with Gasteiger partial charge >= 0.3 is 23.9 Å². The van der Waals surface area contributed by atoms with Crippen LogP contribution in [0.4, 0.5) is 0 Å². The van der Waals surface area contributed by atoms with Crippen molar-refractivity contribution in [3.63, 3.8) is 0 Å². The molecular weight excluding hydrogens is 564 g/mol. The number of furan rings is 1. The molecule has 0 aromatic carbocycles. The van der Waals surface area contributed by atoms with Crippen LogP contribution in [0.15, 0.2) is 23.0 Å². The van der Waals surface area contributed by atoms with E-state index < -0.39 is 93.9 Å². The summed E-state index contributed by atoms with van der Waals surface area (Å²) in [6.07, 6.45) is 0.437. The van der Waals surface area contributed by atoms with Crippen LogP contribution in [0.1, 0.15) is 78.9 Å². The van der Waals surface area contributed by atoms with E-state index in [0.717, 1.165) is 0 Å². The van der Waals surface area contributed by atoms with Gasteiger partial charge in [-0.3, -0.25) is 19.2 Å². The van der Waals surface area contributed by atoms with E-state index in [1.54, 1.807) is 6.07 Å². The van der Waals surface area contributed by atoms with Crippen molar-refractivity contribution >= 4 is 23.9 Å². The summed E-state index contributed by atoms with van der Waals surface area (Å²) in [5.41, 5.74) is -2.74. The average molecular weight is 605 g/mol. The number of carbonyl (C=O) groups is 4. The van der Waals surface area contributed by atoms with Gasteiger partial charge in [0.25, 0.3) is 0 Å². The van der Waals surface area contributed by atoms with Gasteiger partial charge in [-0.25, -0.2) is 0 Å².